The van der Waals surface area contributed by atoms with Gasteiger partial charge in [-0.25, -0.2) is 4.68 Å². The molecule has 1 aliphatic carbocycles. The fraction of sp³-hybridized carbons (Fsp3) is 0.500. The van der Waals surface area contributed by atoms with Crippen LogP contribution in [0.4, 0.5) is 0 Å². The second-order valence-electron chi connectivity index (χ2n) is 5.91. The van der Waals surface area contributed by atoms with E-state index < -0.39 is 0 Å². The molecule has 1 aromatic carbocycles. The number of rotatable bonds is 3. The fourth-order valence-electron chi connectivity index (χ4n) is 3.23. The summed E-state index contributed by atoms with van der Waals surface area (Å²) >= 11 is 4.54. The highest BCUT2D eigenvalue weighted by Gasteiger charge is 2.31. The lowest BCUT2D eigenvalue weighted by molar-refractivity contribution is 0.179. The lowest BCUT2D eigenvalue weighted by atomic mass is 9.75. The van der Waals surface area contributed by atoms with Gasteiger partial charge >= 0.3 is 0 Å². The number of hydrogen-bond acceptors (Lipinski definition) is 3. The minimum absolute atomic E-state index is 0.0230. The summed E-state index contributed by atoms with van der Waals surface area (Å²) in [4.78, 5) is 12.5. The second-order valence-corrected chi connectivity index (χ2v) is 6.23. The predicted octanol–water partition coefficient (Wildman–Crippen LogP) is 3.28. The molecule has 0 N–H and O–H groups in total. The zero-order valence-electron chi connectivity index (χ0n) is 11.6. The lowest BCUT2D eigenvalue weighted by Gasteiger charge is -2.36. The highest BCUT2D eigenvalue weighted by atomic mass is 32.1. The first-order valence-corrected chi connectivity index (χ1v) is 7.93. The number of nitrogens with zero attached hydrogens (tertiary/aromatic N) is 2. The van der Waals surface area contributed by atoms with Gasteiger partial charge in [0, 0.05) is 5.39 Å². The zero-order chi connectivity index (χ0) is 14.0. The summed E-state index contributed by atoms with van der Waals surface area (Å²) in [6.45, 7) is 0.695. The van der Waals surface area contributed by atoms with Crippen molar-refractivity contribution < 1.29 is 0 Å². The minimum atomic E-state index is 0.0230. The van der Waals surface area contributed by atoms with Crippen molar-refractivity contribution in [1.29, 1.82) is 0 Å². The molecule has 4 heteroatoms. The molecule has 1 heterocycles. The largest absolute Gasteiger partial charge is 0.274 e. The molecule has 0 bridgehead atoms. The highest BCUT2D eigenvalue weighted by molar-refractivity contribution is 7.80. The molecule has 0 spiro atoms. The summed E-state index contributed by atoms with van der Waals surface area (Å²) in [6, 6.07) is 7.65. The van der Waals surface area contributed by atoms with Crippen LogP contribution in [0.3, 0.4) is 0 Å². The summed E-state index contributed by atoms with van der Waals surface area (Å²) in [7, 11) is 0. The van der Waals surface area contributed by atoms with E-state index >= 15 is 0 Å². The monoisotopic (exact) mass is 288 g/mol. The number of aromatic nitrogens is 2. The van der Waals surface area contributed by atoms with Crippen LogP contribution in [-0.4, -0.2) is 15.5 Å². The molecule has 3 nitrogen and oxygen atoms in total. The van der Waals surface area contributed by atoms with Gasteiger partial charge in [0.1, 0.15) is 0 Å². The first-order valence-electron chi connectivity index (χ1n) is 7.30. The maximum atomic E-state index is 12.5. The molecule has 1 saturated carbocycles. The molecule has 106 valence electrons. The van der Waals surface area contributed by atoms with Gasteiger partial charge in [0.15, 0.2) is 0 Å². The Morgan fingerprint density at radius 3 is 2.70 bits per heavy atom. The fourth-order valence-corrected chi connectivity index (χ4v) is 3.64. The summed E-state index contributed by atoms with van der Waals surface area (Å²) < 4.78 is 1.64. The van der Waals surface area contributed by atoms with Crippen LogP contribution in [0.25, 0.3) is 10.8 Å². The van der Waals surface area contributed by atoms with Crippen molar-refractivity contribution >= 4 is 23.4 Å². The maximum absolute atomic E-state index is 12.5. The molecule has 0 aliphatic heterocycles. The van der Waals surface area contributed by atoms with E-state index in [1.54, 1.807) is 10.9 Å². The average molecular weight is 288 g/mol. The van der Waals surface area contributed by atoms with E-state index in [0.717, 1.165) is 29.4 Å². The standard InChI is InChI=1S/C16H20N2OS/c19-15-14-7-3-2-6-13(14)10-17-18(15)11-16(12-20)8-4-1-5-9-16/h2-3,6-7,10,20H,1,4-5,8-9,11-12H2. The SMILES string of the molecule is O=c1c2ccccc2cnn1CC1(CS)CCCCC1. The van der Waals surface area contributed by atoms with Crippen molar-refractivity contribution in [3.05, 3.63) is 40.8 Å². The molecule has 0 atom stereocenters. The Bertz CT molecular complexity index is 659. The van der Waals surface area contributed by atoms with Gasteiger partial charge in [-0.15, -0.1) is 0 Å². The van der Waals surface area contributed by atoms with Gasteiger partial charge in [-0.2, -0.15) is 17.7 Å². The van der Waals surface area contributed by atoms with Crippen molar-refractivity contribution in [1.82, 2.24) is 9.78 Å². The van der Waals surface area contributed by atoms with E-state index in [2.05, 4.69) is 17.7 Å². The third-order valence-electron chi connectivity index (χ3n) is 4.50. The van der Waals surface area contributed by atoms with Gasteiger partial charge < -0.3 is 0 Å². The summed E-state index contributed by atoms with van der Waals surface area (Å²) in [5.41, 5.74) is 0.163. The van der Waals surface area contributed by atoms with Crippen LogP contribution in [0.15, 0.2) is 35.3 Å². The summed E-state index contributed by atoms with van der Waals surface area (Å²) in [5.74, 6) is 0.827. The van der Waals surface area contributed by atoms with Crippen LogP contribution in [0.5, 0.6) is 0 Å². The van der Waals surface area contributed by atoms with Gasteiger partial charge in [0.2, 0.25) is 0 Å². The Labute approximate surface area is 124 Å². The van der Waals surface area contributed by atoms with Crippen molar-refractivity contribution in [2.75, 3.05) is 5.75 Å². The first kappa shape index (κ1) is 13.7. The molecule has 3 rings (SSSR count). The van der Waals surface area contributed by atoms with E-state index in [-0.39, 0.29) is 11.0 Å². The van der Waals surface area contributed by atoms with Crippen molar-refractivity contribution in [2.24, 2.45) is 5.41 Å². The molecule has 20 heavy (non-hydrogen) atoms. The Balaban J connectivity index is 1.98. The summed E-state index contributed by atoms with van der Waals surface area (Å²) in [5, 5.41) is 6.03. The first-order chi connectivity index (χ1) is 9.74. The average Bonchev–Trinajstić information content (AvgIpc) is 2.51. The molecule has 1 aliphatic rings. The molecular weight excluding hydrogens is 268 g/mol. The smallest absolute Gasteiger partial charge is 0.267 e. The van der Waals surface area contributed by atoms with Crippen LogP contribution in [-0.2, 0) is 6.54 Å². The van der Waals surface area contributed by atoms with Gasteiger partial charge in [0.05, 0.1) is 18.1 Å². The Hall–Kier alpha value is -1.29. The number of fused-ring (bicyclic) bond motifs is 1. The molecule has 0 amide bonds. The topological polar surface area (TPSA) is 34.9 Å². The Morgan fingerprint density at radius 2 is 1.95 bits per heavy atom. The van der Waals surface area contributed by atoms with Gasteiger partial charge in [-0.1, -0.05) is 37.5 Å². The van der Waals surface area contributed by atoms with Crippen LogP contribution < -0.4 is 5.56 Å². The van der Waals surface area contributed by atoms with Crippen LogP contribution in [0.2, 0.25) is 0 Å². The Kier molecular flexibility index (Phi) is 3.83. The maximum Gasteiger partial charge on any atom is 0.274 e. The highest BCUT2D eigenvalue weighted by Crippen LogP contribution is 2.38. The van der Waals surface area contributed by atoms with Gasteiger partial charge in [0.25, 0.3) is 5.56 Å². The second kappa shape index (κ2) is 5.60. The van der Waals surface area contributed by atoms with Gasteiger partial charge in [-0.05, 0) is 30.1 Å². The van der Waals surface area contributed by atoms with Crippen molar-refractivity contribution in [3.63, 3.8) is 0 Å². The van der Waals surface area contributed by atoms with Crippen molar-refractivity contribution in [2.45, 2.75) is 38.6 Å². The van der Waals surface area contributed by atoms with E-state index in [4.69, 9.17) is 0 Å². The van der Waals surface area contributed by atoms with E-state index in [1.807, 2.05) is 24.3 Å². The quantitative estimate of drug-likeness (QED) is 0.880. The third kappa shape index (κ3) is 2.49. The van der Waals surface area contributed by atoms with E-state index in [9.17, 15) is 4.79 Å². The number of thiol groups is 1. The number of benzene rings is 1. The predicted molar refractivity (Wildman–Crippen MR) is 85.4 cm³/mol. The van der Waals surface area contributed by atoms with Crippen LogP contribution in [0, 0.1) is 5.41 Å². The molecular formula is C16H20N2OS. The molecule has 0 saturated heterocycles. The molecule has 0 radical (unpaired) electrons. The van der Waals surface area contributed by atoms with Crippen LogP contribution >= 0.6 is 12.6 Å². The van der Waals surface area contributed by atoms with E-state index in [0.29, 0.717) is 6.54 Å². The molecule has 2 aromatic rings. The Morgan fingerprint density at radius 1 is 1.20 bits per heavy atom. The number of hydrogen-bond donors (Lipinski definition) is 1. The zero-order valence-corrected chi connectivity index (χ0v) is 12.5. The minimum Gasteiger partial charge on any atom is -0.267 e. The molecule has 0 unspecified atom stereocenters. The van der Waals surface area contributed by atoms with Crippen LogP contribution in [0.1, 0.15) is 32.1 Å². The van der Waals surface area contributed by atoms with Gasteiger partial charge in [-0.3, -0.25) is 4.79 Å². The third-order valence-corrected chi connectivity index (χ3v) is 5.17. The normalized spacial score (nSPS) is 18.2. The lowest BCUT2D eigenvalue weighted by Crippen LogP contribution is -2.36. The summed E-state index contributed by atoms with van der Waals surface area (Å²) in [6.07, 6.45) is 7.88. The molecule has 1 aromatic heterocycles. The van der Waals surface area contributed by atoms with E-state index in [1.165, 1.54) is 19.3 Å². The van der Waals surface area contributed by atoms with Crippen molar-refractivity contribution in [3.8, 4) is 0 Å². The molecule has 1 fully saturated rings.